The summed E-state index contributed by atoms with van der Waals surface area (Å²) in [6, 6.07) is 11.3. The molecule has 0 spiro atoms. The van der Waals surface area contributed by atoms with Crippen LogP contribution in [0.4, 0.5) is 5.69 Å². The quantitative estimate of drug-likeness (QED) is 0.706. The third kappa shape index (κ3) is 5.89. The number of likely N-dealkylation sites (N-methyl/N-ethyl adjacent to an activating group) is 1. The molecular weight excluding hydrogens is 344 g/mol. The maximum Gasteiger partial charge on any atom is 0.279 e. The number of hydrogen-bond acceptors (Lipinski definition) is 4. The maximum atomic E-state index is 12.3. The Balaban J connectivity index is 1.94. The van der Waals surface area contributed by atoms with Gasteiger partial charge in [-0.05, 0) is 55.8 Å². The first kappa shape index (κ1) is 20.6. The molecule has 1 amide bonds. The SMILES string of the molecule is CCOc1ccc(NC(=O)C[NH+](C)Cc2cc(OC)c(OC)cc2C)cc1. The number of carbonyl (C=O) groups excluding carboxylic acids is 1. The third-order valence-corrected chi connectivity index (χ3v) is 4.25. The summed E-state index contributed by atoms with van der Waals surface area (Å²) >= 11 is 0. The second-order valence-corrected chi connectivity index (χ2v) is 6.45. The highest BCUT2D eigenvalue weighted by Gasteiger charge is 2.15. The van der Waals surface area contributed by atoms with E-state index in [0.717, 1.165) is 27.5 Å². The van der Waals surface area contributed by atoms with Gasteiger partial charge in [0.1, 0.15) is 12.3 Å². The Morgan fingerprint density at radius 1 is 1.07 bits per heavy atom. The fraction of sp³-hybridized carbons (Fsp3) is 0.381. The molecule has 1 atom stereocenters. The van der Waals surface area contributed by atoms with Crippen molar-refractivity contribution in [3.63, 3.8) is 0 Å². The van der Waals surface area contributed by atoms with Crippen LogP contribution in [0.1, 0.15) is 18.1 Å². The van der Waals surface area contributed by atoms with Crippen molar-refractivity contribution in [2.24, 2.45) is 0 Å². The molecule has 1 unspecified atom stereocenters. The number of methoxy groups -OCH3 is 2. The molecule has 0 aliphatic heterocycles. The smallest absolute Gasteiger partial charge is 0.279 e. The normalized spacial score (nSPS) is 11.6. The molecule has 0 heterocycles. The lowest BCUT2D eigenvalue weighted by Crippen LogP contribution is -3.08. The molecule has 6 heteroatoms. The van der Waals surface area contributed by atoms with Crippen molar-refractivity contribution in [3.05, 3.63) is 47.5 Å². The highest BCUT2D eigenvalue weighted by Crippen LogP contribution is 2.29. The second-order valence-electron chi connectivity index (χ2n) is 6.45. The zero-order valence-electron chi connectivity index (χ0n) is 16.7. The summed E-state index contributed by atoms with van der Waals surface area (Å²) in [7, 11) is 5.24. The first-order chi connectivity index (χ1) is 13.0. The molecule has 0 radical (unpaired) electrons. The van der Waals surface area contributed by atoms with Crippen LogP contribution in [0.25, 0.3) is 0 Å². The van der Waals surface area contributed by atoms with Crippen LogP contribution in [0.15, 0.2) is 36.4 Å². The summed E-state index contributed by atoms with van der Waals surface area (Å²) in [4.78, 5) is 13.4. The molecular formula is C21H29N2O4+. The van der Waals surface area contributed by atoms with Gasteiger partial charge in [-0.3, -0.25) is 4.79 Å². The Labute approximate surface area is 161 Å². The van der Waals surface area contributed by atoms with Crippen LogP contribution in [0.5, 0.6) is 17.2 Å². The summed E-state index contributed by atoms with van der Waals surface area (Å²) in [5.41, 5.74) is 3.00. The minimum absolute atomic E-state index is 0.0326. The van der Waals surface area contributed by atoms with Crippen LogP contribution in [-0.4, -0.2) is 40.3 Å². The molecule has 0 aliphatic carbocycles. The fourth-order valence-corrected chi connectivity index (χ4v) is 2.88. The first-order valence-corrected chi connectivity index (χ1v) is 9.02. The second kappa shape index (κ2) is 9.83. The zero-order chi connectivity index (χ0) is 19.8. The van der Waals surface area contributed by atoms with Gasteiger partial charge < -0.3 is 24.4 Å². The summed E-state index contributed by atoms with van der Waals surface area (Å²) in [6.07, 6.45) is 0. The van der Waals surface area contributed by atoms with E-state index in [1.807, 2.05) is 57.3 Å². The Morgan fingerprint density at radius 2 is 1.70 bits per heavy atom. The number of ether oxygens (including phenoxy) is 3. The summed E-state index contributed by atoms with van der Waals surface area (Å²) < 4.78 is 16.1. The highest BCUT2D eigenvalue weighted by atomic mass is 16.5. The van der Waals surface area contributed by atoms with Crippen LogP contribution >= 0.6 is 0 Å². The Morgan fingerprint density at radius 3 is 2.30 bits per heavy atom. The number of rotatable bonds is 9. The molecule has 146 valence electrons. The van der Waals surface area contributed by atoms with E-state index in [1.54, 1.807) is 14.2 Å². The molecule has 0 bridgehead atoms. The molecule has 0 saturated heterocycles. The van der Waals surface area contributed by atoms with Crippen LogP contribution in [0.3, 0.4) is 0 Å². The topological polar surface area (TPSA) is 61.2 Å². The monoisotopic (exact) mass is 373 g/mol. The summed E-state index contributed by atoms with van der Waals surface area (Å²) in [6.45, 7) is 5.66. The lowest BCUT2D eigenvalue weighted by Gasteiger charge is -2.17. The van der Waals surface area contributed by atoms with Crippen molar-refractivity contribution in [2.75, 3.05) is 39.7 Å². The number of aryl methyl sites for hydroxylation is 1. The van der Waals surface area contributed by atoms with Gasteiger partial charge >= 0.3 is 0 Å². The molecule has 0 aromatic heterocycles. The van der Waals surface area contributed by atoms with E-state index in [0.29, 0.717) is 31.2 Å². The average molecular weight is 373 g/mol. The van der Waals surface area contributed by atoms with E-state index in [4.69, 9.17) is 14.2 Å². The number of nitrogens with one attached hydrogen (secondary N) is 2. The van der Waals surface area contributed by atoms with Crippen molar-refractivity contribution in [1.29, 1.82) is 0 Å². The summed E-state index contributed by atoms with van der Waals surface area (Å²) in [5, 5.41) is 2.92. The number of benzene rings is 2. The van der Waals surface area contributed by atoms with Crippen molar-refractivity contribution in [2.45, 2.75) is 20.4 Å². The molecule has 0 fully saturated rings. The molecule has 2 rings (SSSR count). The minimum Gasteiger partial charge on any atom is -0.494 e. The number of carbonyl (C=O) groups is 1. The van der Waals surface area contributed by atoms with Gasteiger partial charge in [0.25, 0.3) is 5.91 Å². The van der Waals surface area contributed by atoms with Crippen molar-refractivity contribution >= 4 is 11.6 Å². The Bertz CT molecular complexity index is 760. The number of anilines is 1. The lowest BCUT2D eigenvalue weighted by atomic mass is 10.1. The van der Waals surface area contributed by atoms with Gasteiger partial charge in [-0.15, -0.1) is 0 Å². The molecule has 2 aromatic carbocycles. The standard InChI is InChI=1S/C21H28N2O4/c1-6-27-18-9-7-17(8-10-18)22-21(24)14-23(3)13-16-12-20(26-5)19(25-4)11-15(16)2/h7-12H,6,13-14H2,1-5H3,(H,22,24)/p+1. The fourth-order valence-electron chi connectivity index (χ4n) is 2.88. The van der Waals surface area contributed by atoms with Crippen molar-refractivity contribution < 1.29 is 23.9 Å². The summed E-state index contributed by atoms with van der Waals surface area (Å²) in [5.74, 6) is 2.17. The molecule has 27 heavy (non-hydrogen) atoms. The Kier molecular flexibility index (Phi) is 7.49. The van der Waals surface area contributed by atoms with Gasteiger partial charge in [-0.2, -0.15) is 0 Å². The number of amides is 1. The van der Waals surface area contributed by atoms with Gasteiger partial charge in [-0.25, -0.2) is 0 Å². The maximum absolute atomic E-state index is 12.3. The van der Waals surface area contributed by atoms with E-state index >= 15 is 0 Å². The minimum atomic E-state index is -0.0326. The predicted octanol–water partition coefficient (Wildman–Crippen LogP) is 2.06. The van der Waals surface area contributed by atoms with Gasteiger partial charge in [0, 0.05) is 11.3 Å². The van der Waals surface area contributed by atoms with E-state index in [-0.39, 0.29) is 5.91 Å². The predicted molar refractivity (Wildman–Crippen MR) is 106 cm³/mol. The highest BCUT2D eigenvalue weighted by molar-refractivity contribution is 5.91. The molecule has 2 N–H and O–H groups in total. The van der Waals surface area contributed by atoms with Crippen molar-refractivity contribution in [1.82, 2.24) is 0 Å². The Hall–Kier alpha value is -2.73. The van der Waals surface area contributed by atoms with E-state index in [2.05, 4.69) is 5.32 Å². The van der Waals surface area contributed by atoms with Gasteiger partial charge in [0.15, 0.2) is 18.0 Å². The van der Waals surface area contributed by atoms with E-state index < -0.39 is 0 Å². The van der Waals surface area contributed by atoms with Crippen LogP contribution in [-0.2, 0) is 11.3 Å². The molecule has 6 nitrogen and oxygen atoms in total. The van der Waals surface area contributed by atoms with E-state index in [9.17, 15) is 4.79 Å². The molecule has 0 aliphatic rings. The van der Waals surface area contributed by atoms with Crippen molar-refractivity contribution in [3.8, 4) is 17.2 Å². The molecule has 2 aromatic rings. The number of hydrogen-bond donors (Lipinski definition) is 2. The average Bonchev–Trinajstić information content (AvgIpc) is 2.64. The van der Waals surface area contributed by atoms with Crippen LogP contribution < -0.4 is 24.4 Å². The van der Waals surface area contributed by atoms with Gasteiger partial charge in [0.2, 0.25) is 0 Å². The number of quaternary nitrogens is 1. The van der Waals surface area contributed by atoms with Gasteiger partial charge in [-0.1, -0.05) is 0 Å². The van der Waals surface area contributed by atoms with Crippen LogP contribution in [0, 0.1) is 6.92 Å². The first-order valence-electron chi connectivity index (χ1n) is 9.02. The largest absolute Gasteiger partial charge is 0.494 e. The zero-order valence-corrected chi connectivity index (χ0v) is 16.7. The van der Waals surface area contributed by atoms with Crippen LogP contribution in [0.2, 0.25) is 0 Å². The van der Waals surface area contributed by atoms with Gasteiger partial charge in [0.05, 0.1) is 27.9 Å². The molecule has 0 saturated carbocycles. The van der Waals surface area contributed by atoms with E-state index in [1.165, 1.54) is 0 Å². The lowest BCUT2D eigenvalue weighted by molar-refractivity contribution is -0.885. The third-order valence-electron chi connectivity index (χ3n) is 4.25.